The molecule has 0 aromatic carbocycles. The van der Waals surface area contributed by atoms with Crippen molar-refractivity contribution in [3.8, 4) is 11.8 Å². The monoisotopic (exact) mass is 222 g/mol. The molecule has 0 saturated heterocycles. The van der Waals surface area contributed by atoms with Gasteiger partial charge in [0, 0.05) is 0 Å². The Morgan fingerprint density at radius 1 is 1.19 bits per heavy atom. The molecule has 0 aliphatic heterocycles. The van der Waals surface area contributed by atoms with E-state index in [1.165, 1.54) is 0 Å². The predicted molar refractivity (Wildman–Crippen MR) is 67.9 cm³/mol. The van der Waals surface area contributed by atoms with Gasteiger partial charge in [-0.1, -0.05) is 50.3 Å². The van der Waals surface area contributed by atoms with Gasteiger partial charge in [0.1, 0.15) is 0 Å². The summed E-state index contributed by atoms with van der Waals surface area (Å²) < 4.78 is 0. The highest BCUT2D eigenvalue weighted by Crippen LogP contribution is 2.07. The van der Waals surface area contributed by atoms with Gasteiger partial charge in [-0.25, -0.2) is 0 Å². The fourth-order valence-corrected chi connectivity index (χ4v) is 1.27. The summed E-state index contributed by atoms with van der Waals surface area (Å²) in [5.41, 5.74) is 0. The van der Waals surface area contributed by atoms with E-state index in [-0.39, 0.29) is 0 Å². The van der Waals surface area contributed by atoms with Crippen molar-refractivity contribution in [2.45, 2.75) is 51.7 Å². The molecule has 0 aliphatic carbocycles. The molecule has 2 N–H and O–H groups in total. The largest absolute Gasteiger partial charge is 0.390 e. The molecule has 0 aliphatic rings. The molecule has 0 amide bonds. The minimum absolute atomic E-state index is 0.651. The van der Waals surface area contributed by atoms with Gasteiger partial charge in [0.2, 0.25) is 0 Å². The average Bonchev–Trinajstić information content (AvgIpc) is 2.28. The Balaban J connectivity index is 3.83. The smallest absolute Gasteiger partial charge is 0.0982 e. The standard InChI is InChI=1S/C14H22O2/c1-3-5-7-8-10-12-14(16)13(15)11-9-6-4-2/h7-8,10,12-16H,4,6,9,11H2,1-2H3/b8-7+,12-10-/t13-,14+/m0/s1. The summed E-state index contributed by atoms with van der Waals surface area (Å²) in [6, 6.07) is 0. The maximum absolute atomic E-state index is 9.59. The first-order valence-corrected chi connectivity index (χ1v) is 5.84. The molecule has 0 aromatic heterocycles. The van der Waals surface area contributed by atoms with Crippen LogP contribution in [-0.2, 0) is 0 Å². The second-order valence-electron chi connectivity index (χ2n) is 3.69. The zero-order valence-corrected chi connectivity index (χ0v) is 10.2. The van der Waals surface area contributed by atoms with Crippen LogP contribution >= 0.6 is 0 Å². The van der Waals surface area contributed by atoms with Crippen LogP contribution in [0.1, 0.15) is 39.5 Å². The molecule has 2 nitrogen and oxygen atoms in total. The Bertz CT molecular complexity index is 268. The lowest BCUT2D eigenvalue weighted by molar-refractivity contribution is 0.0415. The summed E-state index contributed by atoms with van der Waals surface area (Å²) in [7, 11) is 0. The first-order valence-electron chi connectivity index (χ1n) is 5.84. The number of aliphatic hydroxyl groups is 2. The van der Waals surface area contributed by atoms with E-state index in [4.69, 9.17) is 0 Å². The quantitative estimate of drug-likeness (QED) is 0.394. The van der Waals surface area contributed by atoms with Gasteiger partial charge in [0.15, 0.2) is 0 Å². The molecule has 2 heteroatoms. The molecule has 90 valence electrons. The van der Waals surface area contributed by atoms with Crippen LogP contribution in [-0.4, -0.2) is 22.4 Å². The van der Waals surface area contributed by atoms with Crippen LogP contribution < -0.4 is 0 Å². The van der Waals surface area contributed by atoms with Gasteiger partial charge in [-0.15, -0.1) is 5.92 Å². The van der Waals surface area contributed by atoms with Gasteiger partial charge in [0.25, 0.3) is 0 Å². The van der Waals surface area contributed by atoms with E-state index in [0.29, 0.717) is 6.42 Å². The summed E-state index contributed by atoms with van der Waals surface area (Å²) in [4.78, 5) is 0. The van der Waals surface area contributed by atoms with Gasteiger partial charge >= 0.3 is 0 Å². The minimum atomic E-state index is -0.781. The van der Waals surface area contributed by atoms with Crippen LogP contribution in [0.25, 0.3) is 0 Å². The molecular weight excluding hydrogens is 200 g/mol. The van der Waals surface area contributed by atoms with Gasteiger partial charge in [0.05, 0.1) is 12.2 Å². The van der Waals surface area contributed by atoms with Gasteiger partial charge < -0.3 is 10.2 Å². The van der Waals surface area contributed by atoms with Crippen molar-refractivity contribution in [2.24, 2.45) is 0 Å². The maximum atomic E-state index is 9.59. The third-order valence-corrected chi connectivity index (χ3v) is 2.24. The van der Waals surface area contributed by atoms with E-state index in [0.717, 1.165) is 19.3 Å². The van der Waals surface area contributed by atoms with Crippen molar-refractivity contribution >= 4 is 0 Å². The number of hydrogen-bond acceptors (Lipinski definition) is 2. The van der Waals surface area contributed by atoms with Crippen molar-refractivity contribution in [3.05, 3.63) is 24.3 Å². The van der Waals surface area contributed by atoms with Crippen molar-refractivity contribution < 1.29 is 10.2 Å². The van der Waals surface area contributed by atoms with Crippen LogP contribution in [0, 0.1) is 11.8 Å². The van der Waals surface area contributed by atoms with Crippen LogP contribution in [0.2, 0.25) is 0 Å². The lowest BCUT2D eigenvalue weighted by atomic mass is 10.1. The van der Waals surface area contributed by atoms with Crippen LogP contribution in [0.4, 0.5) is 0 Å². The predicted octanol–water partition coefficient (Wildman–Crippen LogP) is 2.42. The van der Waals surface area contributed by atoms with Crippen LogP contribution in [0.3, 0.4) is 0 Å². The number of unbranched alkanes of at least 4 members (excludes halogenated alkanes) is 2. The van der Waals surface area contributed by atoms with Crippen LogP contribution in [0.5, 0.6) is 0 Å². The van der Waals surface area contributed by atoms with Gasteiger partial charge in [-0.2, -0.15) is 0 Å². The Morgan fingerprint density at radius 2 is 1.94 bits per heavy atom. The molecule has 0 unspecified atom stereocenters. The van der Waals surface area contributed by atoms with Crippen molar-refractivity contribution in [1.29, 1.82) is 0 Å². The zero-order chi connectivity index (χ0) is 12.2. The number of aliphatic hydroxyl groups excluding tert-OH is 2. The molecule has 0 spiro atoms. The molecule has 0 radical (unpaired) electrons. The lowest BCUT2D eigenvalue weighted by Gasteiger charge is -2.13. The topological polar surface area (TPSA) is 40.5 Å². The van der Waals surface area contributed by atoms with E-state index in [9.17, 15) is 10.2 Å². The third kappa shape index (κ3) is 8.28. The summed E-state index contributed by atoms with van der Waals surface area (Å²) >= 11 is 0. The first kappa shape index (κ1) is 15.0. The minimum Gasteiger partial charge on any atom is -0.390 e. The molecule has 0 rings (SSSR count). The van der Waals surface area contributed by atoms with Crippen molar-refractivity contribution in [1.82, 2.24) is 0 Å². The van der Waals surface area contributed by atoms with E-state index < -0.39 is 12.2 Å². The van der Waals surface area contributed by atoms with E-state index in [2.05, 4.69) is 18.8 Å². The first-order chi connectivity index (χ1) is 7.72. The van der Waals surface area contributed by atoms with E-state index in [1.807, 2.05) is 0 Å². The zero-order valence-electron chi connectivity index (χ0n) is 10.2. The number of hydrogen-bond donors (Lipinski definition) is 2. The highest BCUT2D eigenvalue weighted by atomic mass is 16.3. The second-order valence-corrected chi connectivity index (χ2v) is 3.69. The Hall–Kier alpha value is -1.04. The van der Waals surface area contributed by atoms with Gasteiger partial charge in [-0.3, -0.25) is 0 Å². The van der Waals surface area contributed by atoms with E-state index in [1.54, 1.807) is 31.2 Å². The van der Waals surface area contributed by atoms with E-state index >= 15 is 0 Å². The molecule has 0 bridgehead atoms. The average molecular weight is 222 g/mol. The SMILES string of the molecule is CC#C/C=C/C=C\[C@@H](O)[C@@H](O)CCCCC. The summed E-state index contributed by atoms with van der Waals surface area (Å²) in [6.07, 6.45) is 9.13. The lowest BCUT2D eigenvalue weighted by Crippen LogP contribution is -2.23. The molecule has 0 saturated carbocycles. The number of allylic oxidation sites excluding steroid dienone is 3. The molecule has 16 heavy (non-hydrogen) atoms. The number of rotatable bonds is 7. The Morgan fingerprint density at radius 3 is 2.56 bits per heavy atom. The normalized spacial score (nSPS) is 15.0. The Labute approximate surface area is 98.7 Å². The summed E-state index contributed by atoms with van der Waals surface area (Å²) in [6.45, 7) is 3.88. The van der Waals surface area contributed by atoms with Crippen LogP contribution in [0.15, 0.2) is 24.3 Å². The molecule has 0 heterocycles. The molecular formula is C14H22O2. The molecule has 0 fully saturated rings. The fraction of sp³-hybridized carbons (Fsp3) is 0.571. The third-order valence-electron chi connectivity index (χ3n) is 2.24. The summed E-state index contributed by atoms with van der Waals surface area (Å²) in [5, 5.41) is 19.2. The van der Waals surface area contributed by atoms with Crippen molar-refractivity contribution in [3.63, 3.8) is 0 Å². The highest BCUT2D eigenvalue weighted by Gasteiger charge is 2.11. The molecule has 2 atom stereocenters. The second kappa shape index (κ2) is 10.5. The summed E-state index contributed by atoms with van der Waals surface area (Å²) in [5.74, 6) is 5.50. The maximum Gasteiger partial charge on any atom is 0.0982 e. The molecule has 0 aromatic rings. The highest BCUT2D eigenvalue weighted by molar-refractivity contribution is 5.19. The van der Waals surface area contributed by atoms with Crippen molar-refractivity contribution in [2.75, 3.05) is 0 Å². The van der Waals surface area contributed by atoms with Gasteiger partial charge in [-0.05, 0) is 19.4 Å². The Kier molecular flexibility index (Phi) is 9.80. The fourth-order valence-electron chi connectivity index (χ4n) is 1.27.